The van der Waals surface area contributed by atoms with E-state index in [0.717, 1.165) is 38.6 Å². The van der Waals surface area contributed by atoms with Crippen LogP contribution in [0.25, 0.3) is 0 Å². The van der Waals surface area contributed by atoms with Gasteiger partial charge in [0.2, 0.25) is 5.91 Å². The smallest absolute Gasteiger partial charge is 0.242 e. The number of carbonyl (C=O) groups excluding carboxylic acids is 1. The fourth-order valence-corrected chi connectivity index (χ4v) is 2.89. The Labute approximate surface area is 92.0 Å². The lowest BCUT2D eigenvalue weighted by Crippen LogP contribution is -2.54. The van der Waals surface area contributed by atoms with Crippen molar-refractivity contribution in [3.8, 4) is 0 Å². The number of hydrogen-bond donors (Lipinski definition) is 1. The lowest BCUT2D eigenvalue weighted by atomic mass is 9.96. The van der Waals surface area contributed by atoms with E-state index in [4.69, 9.17) is 5.73 Å². The highest BCUT2D eigenvalue weighted by molar-refractivity contribution is 5.87. The second-order valence-corrected chi connectivity index (χ2v) is 5.37. The van der Waals surface area contributed by atoms with Gasteiger partial charge in [-0.2, -0.15) is 0 Å². The van der Waals surface area contributed by atoms with Gasteiger partial charge in [-0.25, -0.2) is 0 Å². The predicted molar refractivity (Wildman–Crippen MR) is 60.3 cm³/mol. The van der Waals surface area contributed by atoms with Crippen LogP contribution in [0.4, 0.5) is 0 Å². The molecule has 1 saturated heterocycles. The number of likely N-dealkylation sites (tertiary alicyclic amines) is 1. The van der Waals surface area contributed by atoms with Gasteiger partial charge in [0.15, 0.2) is 0 Å². The molecule has 2 unspecified atom stereocenters. The van der Waals surface area contributed by atoms with Gasteiger partial charge < -0.3 is 10.6 Å². The fourth-order valence-electron chi connectivity index (χ4n) is 2.89. The Morgan fingerprint density at radius 3 is 2.40 bits per heavy atom. The monoisotopic (exact) mass is 210 g/mol. The maximum atomic E-state index is 12.3. The molecule has 3 nitrogen and oxygen atoms in total. The van der Waals surface area contributed by atoms with Crippen molar-refractivity contribution < 1.29 is 4.79 Å². The molecule has 0 spiro atoms. The summed E-state index contributed by atoms with van der Waals surface area (Å²) in [6.45, 7) is 5.27. The predicted octanol–water partition coefficient (Wildman–Crippen LogP) is 1.51. The molecule has 2 fully saturated rings. The van der Waals surface area contributed by atoms with Gasteiger partial charge >= 0.3 is 0 Å². The highest BCUT2D eigenvalue weighted by Gasteiger charge is 2.43. The molecule has 0 aromatic rings. The van der Waals surface area contributed by atoms with E-state index in [2.05, 4.69) is 13.8 Å². The third-order valence-electron chi connectivity index (χ3n) is 4.32. The van der Waals surface area contributed by atoms with Crippen LogP contribution in [0, 0.1) is 5.92 Å². The lowest BCUT2D eigenvalue weighted by molar-refractivity contribution is -0.137. The zero-order valence-electron chi connectivity index (χ0n) is 9.83. The van der Waals surface area contributed by atoms with Crippen LogP contribution in [0.1, 0.15) is 46.0 Å². The number of rotatable bonds is 1. The Kier molecular flexibility index (Phi) is 2.75. The van der Waals surface area contributed by atoms with E-state index in [1.54, 1.807) is 0 Å². The van der Waals surface area contributed by atoms with Crippen LogP contribution in [0.5, 0.6) is 0 Å². The molecule has 0 aromatic carbocycles. The van der Waals surface area contributed by atoms with E-state index in [9.17, 15) is 4.79 Å². The van der Waals surface area contributed by atoms with Gasteiger partial charge in [0.05, 0.1) is 5.54 Å². The number of nitrogens with zero attached hydrogens (tertiary/aromatic N) is 1. The molecule has 0 aromatic heterocycles. The van der Waals surface area contributed by atoms with Crippen LogP contribution in [0.2, 0.25) is 0 Å². The molecule has 1 heterocycles. The minimum absolute atomic E-state index is 0.205. The second kappa shape index (κ2) is 3.78. The third kappa shape index (κ3) is 1.78. The van der Waals surface area contributed by atoms with Crippen molar-refractivity contribution >= 4 is 5.91 Å². The number of carbonyl (C=O) groups is 1. The van der Waals surface area contributed by atoms with Gasteiger partial charge in [0.25, 0.3) is 0 Å². The van der Waals surface area contributed by atoms with E-state index in [1.807, 2.05) is 4.90 Å². The van der Waals surface area contributed by atoms with Crippen LogP contribution < -0.4 is 5.73 Å². The number of amides is 1. The first-order valence-corrected chi connectivity index (χ1v) is 6.14. The first-order valence-electron chi connectivity index (χ1n) is 6.14. The quantitative estimate of drug-likeness (QED) is 0.713. The van der Waals surface area contributed by atoms with E-state index < -0.39 is 5.54 Å². The summed E-state index contributed by atoms with van der Waals surface area (Å²) in [5.74, 6) is 0.829. The fraction of sp³-hybridized carbons (Fsp3) is 0.917. The standard InChI is InChI=1S/C12H22N2O/c1-9-5-8-14(10(9)2)11(15)12(13)6-3-4-7-12/h9-10H,3-8,13H2,1-2H3. The van der Waals surface area contributed by atoms with Crippen molar-refractivity contribution in [2.45, 2.75) is 57.5 Å². The molecule has 2 rings (SSSR count). The molecule has 1 amide bonds. The lowest BCUT2D eigenvalue weighted by Gasteiger charge is -2.32. The Morgan fingerprint density at radius 2 is 1.93 bits per heavy atom. The maximum Gasteiger partial charge on any atom is 0.242 e. The summed E-state index contributed by atoms with van der Waals surface area (Å²) in [4.78, 5) is 14.3. The highest BCUT2D eigenvalue weighted by Crippen LogP contribution is 2.32. The minimum Gasteiger partial charge on any atom is -0.338 e. The molecule has 2 aliphatic rings. The van der Waals surface area contributed by atoms with Crippen LogP contribution >= 0.6 is 0 Å². The maximum absolute atomic E-state index is 12.3. The minimum atomic E-state index is -0.529. The molecular formula is C12H22N2O. The Morgan fingerprint density at radius 1 is 1.33 bits per heavy atom. The summed E-state index contributed by atoms with van der Waals surface area (Å²) in [7, 11) is 0. The van der Waals surface area contributed by atoms with Crippen LogP contribution in [-0.2, 0) is 4.79 Å². The van der Waals surface area contributed by atoms with Crippen molar-refractivity contribution in [2.75, 3.05) is 6.54 Å². The second-order valence-electron chi connectivity index (χ2n) is 5.37. The van der Waals surface area contributed by atoms with E-state index in [-0.39, 0.29) is 5.91 Å². The van der Waals surface area contributed by atoms with E-state index in [1.165, 1.54) is 0 Å². The topological polar surface area (TPSA) is 46.3 Å². The molecule has 15 heavy (non-hydrogen) atoms. The van der Waals surface area contributed by atoms with Gasteiger partial charge in [0.1, 0.15) is 0 Å². The molecular weight excluding hydrogens is 188 g/mol. The molecule has 1 aliphatic carbocycles. The Bertz CT molecular complexity index is 258. The summed E-state index contributed by atoms with van der Waals surface area (Å²) in [6.07, 6.45) is 5.11. The zero-order chi connectivity index (χ0) is 11.1. The average molecular weight is 210 g/mol. The molecule has 86 valence electrons. The summed E-state index contributed by atoms with van der Waals surface area (Å²) < 4.78 is 0. The van der Waals surface area contributed by atoms with Crippen LogP contribution in [-0.4, -0.2) is 28.9 Å². The summed E-state index contributed by atoms with van der Waals surface area (Å²) >= 11 is 0. The molecule has 3 heteroatoms. The van der Waals surface area contributed by atoms with E-state index in [0.29, 0.717) is 12.0 Å². The van der Waals surface area contributed by atoms with Crippen LogP contribution in [0.3, 0.4) is 0 Å². The number of hydrogen-bond acceptors (Lipinski definition) is 2. The third-order valence-corrected chi connectivity index (χ3v) is 4.32. The Balaban J connectivity index is 2.08. The normalized spacial score (nSPS) is 34.7. The summed E-state index contributed by atoms with van der Waals surface area (Å²) in [6, 6.07) is 0.374. The van der Waals surface area contributed by atoms with Gasteiger partial charge in [-0.05, 0) is 32.1 Å². The molecule has 2 atom stereocenters. The Hall–Kier alpha value is -0.570. The van der Waals surface area contributed by atoms with Crippen LogP contribution in [0.15, 0.2) is 0 Å². The van der Waals surface area contributed by atoms with Crippen molar-refractivity contribution in [2.24, 2.45) is 11.7 Å². The van der Waals surface area contributed by atoms with Crippen molar-refractivity contribution in [1.29, 1.82) is 0 Å². The zero-order valence-corrected chi connectivity index (χ0v) is 9.83. The summed E-state index contributed by atoms with van der Waals surface area (Å²) in [5.41, 5.74) is 5.67. The first kappa shape index (κ1) is 10.9. The van der Waals surface area contributed by atoms with Gasteiger partial charge in [-0.15, -0.1) is 0 Å². The van der Waals surface area contributed by atoms with E-state index >= 15 is 0 Å². The molecule has 2 N–H and O–H groups in total. The average Bonchev–Trinajstić information content (AvgIpc) is 2.77. The van der Waals surface area contributed by atoms with Gasteiger partial charge in [-0.1, -0.05) is 19.8 Å². The highest BCUT2D eigenvalue weighted by atomic mass is 16.2. The molecule has 0 bridgehead atoms. The molecule has 1 saturated carbocycles. The SMILES string of the molecule is CC1CCN(C(=O)C2(N)CCCC2)C1C. The number of nitrogens with two attached hydrogens (primary N) is 1. The molecule has 0 radical (unpaired) electrons. The largest absolute Gasteiger partial charge is 0.338 e. The molecule has 1 aliphatic heterocycles. The first-order chi connectivity index (χ1) is 7.04. The van der Waals surface area contributed by atoms with Gasteiger partial charge in [0, 0.05) is 12.6 Å². The van der Waals surface area contributed by atoms with Crippen molar-refractivity contribution in [1.82, 2.24) is 4.90 Å². The van der Waals surface area contributed by atoms with Crippen molar-refractivity contribution in [3.63, 3.8) is 0 Å². The van der Waals surface area contributed by atoms with Gasteiger partial charge in [-0.3, -0.25) is 4.79 Å². The summed E-state index contributed by atoms with van der Waals surface area (Å²) in [5, 5.41) is 0. The van der Waals surface area contributed by atoms with Crippen molar-refractivity contribution in [3.05, 3.63) is 0 Å².